The van der Waals surface area contributed by atoms with E-state index in [1.165, 1.54) is 25.7 Å². The fraction of sp³-hybridized carbons (Fsp3) is 0.500. The summed E-state index contributed by atoms with van der Waals surface area (Å²) in [5, 5.41) is 7.40. The van der Waals surface area contributed by atoms with Gasteiger partial charge in [-0.05, 0) is 34.8 Å². The Kier molecular flexibility index (Phi) is 4.00. The second-order valence-electron chi connectivity index (χ2n) is 5.21. The number of nitrogens with one attached hydrogen (secondary N) is 1. The molecule has 2 aromatic rings. The molecule has 1 aliphatic carbocycles. The van der Waals surface area contributed by atoms with Gasteiger partial charge >= 0.3 is 0 Å². The van der Waals surface area contributed by atoms with Crippen LogP contribution in [0.4, 0.5) is 0 Å². The highest BCUT2D eigenvalue weighted by molar-refractivity contribution is 9.10. The molecule has 0 radical (unpaired) electrons. The van der Waals surface area contributed by atoms with Crippen molar-refractivity contribution in [3.8, 4) is 0 Å². The molecular formula is C14H17BrN4O. The predicted octanol–water partition coefficient (Wildman–Crippen LogP) is 2.94. The van der Waals surface area contributed by atoms with Crippen molar-refractivity contribution >= 4 is 27.5 Å². The molecule has 0 unspecified atom stereocenters. The van der Waals surface area contributed by atoms with Crippen molar-refractivity contribution < 1.29 is 4.79 Å². The topological polar surface area (TPSA) is 59.3 Å². The first-order valence-corrected chi connectivity index (χ1v) is 7.85. The molecule has 0 atom stereocenters. The summed E-state index contributed by atoms with van der Waals surface area (Å²) in [6, 6.07) is 2.06. The molecular weight excluding hydrogens is 320 g/mol. The van der Waals surface area contributed by atoms with Gasteiger partial charge in [-0.1, -0.05) is 25.7 Å². The van der Waals surface area contributed by atoms with Crippen LogP contribution in [0.1, 0.15) is 49.0 Å². The van der Waals surface area contributed by atoms with E-state index in [9.17, 15) is 4.79 Å². The highest BCUT2D eigenvalue weighted by Gasteiger charge is 2.21. The molecule has 1 saturated carbocycles. The summed E-state index contributed by atoms with van der Waals surface area (Å²) in [6.07, 6.45) is 10.5. The van der Waals surface area contributed by atoms with Crippen molar-refractivity contribution in [3.05, 3.63) is 28.6 Å². The van der Waals surface area contributed by atoms with Crippen LogP contribution in [0.15, 0.2) is 22.9 Å². The fourth-order valence-electron chi connectivity index (χ4n) is 2.68. The summed E-state index contributed by atoms with van der Waals surface area (Å²) < 4.78 is 2.27. The van der Waals surface area contributed by atoms with E-state index in [0.717, 1.165) is 12.8 Å². The molecule has 5 nitrogen and oxygen atoms in total. The minimum Gasteiger partial charge on any atom is -0.348 e. The quantitative estimate of drug-likeness (QED) is 0.857. The van der Waals surface area contributed by atoms with E-state index < -0.39 is 0 Å². The number of aromatic nitrogens is 3. The Balaban J connectivity index is 1.79. The zero-order valence-corrected chi connectivity index (χ0v) is 12.8. The predicted molar refractivity (Wildman–Crippen MR) is 79.6 cm³/mol. The van der Waals surface area contributed by atoms with Crippen LogP contribution in [-0.2, 0) is 0 Å². The number of halogens is 1. The number of carbonyl (C=O) groups is 1. The molecule has 0 aromatic carbocycles. The maximum Gasteiger partial charge on any atom is 0.273 e. The Labute approximate surface area is 125 Å². The molecule has 20 heavy (non-hydrogen) atoms. The lowest BCUT2D eigenvalue weighted by Gasteiger charge is -2.15. The lowest BCUT2D eigenvalue weighted by atomic mass is 10.1. The lowest BCUT2D eigenvalue weighted by Crippen LogP contribution is -2.34. The Morgan fingerprint density at radius 2 is 2.05 bits per heavy atom. The Bertz CT molecular complexity index is 617. The normalized spacial score (nSPS) is 17.1. The number of carbonyl (C=O) groups excluding carboxylic acids is 1. The minimum atomic E-state index is -0.116. The third kappa shape index (κ3) is 2.70. The van der Waals surface area contributed by atoms with E-state index in [1.807, 2.05) is 0 Å². The standard InChI is InChI=1S/C14H17BrN4O/c15-11-12(18-19-9-5-8-16-13(11)19)14(20)17-10-6-3-1-2-4-7-10/h5,8-10H,1-4,6-7H2,(H,17,20). The molecule has 0 spiro atoms. The first kappa shape index (κ1) is 13.5. The summed E-state index contributed by atoms with van der Waals surface area (Å²) in [6.45, 7) is 0. The maximum atomic E-state index is 12.4. The van der Waals surface area contributed by atoms with Gasteiger partial charge < -0.3 is 5.32 Å². The second kappa shape index (κ2) is 5.91. The van der Waals surface area contributed by atoms with E-state index in [2.05, 4.69) is 31.3 Å². The molecule has 1 amide bonds. The number of amides is 1. The number of hydrogen-bond acceptors (Lipinski definition) is 3. The molecule has 1 fully saturated rings. The van der Waals surface area contributed by atoms with Gasteiger partial charge in [0.2, 0.25) is 0 Å². The number of rotatable bonds is 2. The van der Waals surface area contributed by atoms with Crippen LogP contribution in [0.3, 0.4) is 0 Å². The molecule has 0 bridgehead atoms. The van der Waals surface area contributed by atoms with E-state index >= 15 is 0 Å². The first-order chi connectivity index (χ1) is 9.75. The third-order valence-electron chi connectivity index (χ3n) is 3.74. The average molecular weight is 337 g/mol. The van der Waals surface area contributed by atoms with Crippen molar-refractivity contribution in [3.63, 3.8) is 0 Å². The van der Waals surface area contributed by atoms with Gasteiger partial charge in [0.1, 0.15) is 0 Å². The van der Waals surface area contributed by atoms with Gasteiger partial charge in [0.05, 0.1) is 4.47 Å². The summed E-state index contributed by atoms with van der Waals surface area (Å²) in [7, 11) is 0. The average Bonchev–Trinajstić information content (AvgIpc) is 2.64. The SMILES string of the molecule is O=C(NC1CCCCCC1)c1nn2cccnc2c1Br. The smallest absolute Gasteiger partial charge is 0.273 e. The molecule has 0 aliphatic heterocycles. The van der Waals surface area contributed by atoms with E-state index in [4.69, 9.17) is 0 Å². The molecule has 0 saturated heterocycles. The van der Waals surface area contributed by atoms with Crippen molar-refractivity contribution in [2.45, 2.75) is 44.6 Å². The van der Waals surface area contributed by atoms with Gasteiger partial charge in [-0.25, -0.2) is 9.50 Å². The maximum absolute atomic E-state index is 12.4. The highest BCUT2D eigenvalue weighted by Crippen LogP contribution is 2.22. The number of fused-ring (bicyclic) bond motifs is 1. The fourth-order valence-corrected chi connectivity index (χ4v) is 3.22. The Hall–Kier alpha value is -1.43. The summed E-state index contributed by atoms with van der Waals surface area (Å²) >= 11 is 3.43. The van der Waals surface area contributed by atoms with E-state index in [1.54, 1.807) is 23.0 Å². The lowest BCUT2D eigenvalue weighted by molar-refractivity contribution is 0.0927. The molecule has 3 rings (SSSR count). The molecule has 6 heteroatoms. The monoisotopic (exact) mass is 336 g/mol. The van der Waals surface area contributed by atoms with Crippen molar-refractivity contribution in [1.82, 2.24) is 19.9 Å². The molecule has 1 aliphatic rings. The van der Waals surface area contributed by atoms with E-state index in [-0.39, 0.29) is 11.9 Å². The Morgan fingerprint density at radius 1 is 1.30 bits per heavy atom. The van der Waals surface area contributed by atoms with Crippen LogP contribution < -0.4 is 5.32 Å². The van der Waals surface area contributed by atoms with Gasteiger partial charge in [-0.2, -0.15) is 5.10 Å². The molecule has 1 N–H and O–H groups in total. The molecule has 106 valence electrons. The van der Waals surface area contributed by atoms with Crippen LogP contribution in [0, 0.1) is 0 Å². The van der Waals surface area contributed by atoms with Gasteiger partial charge in [-0.3, -0.25) is 4.79 Å². The second-order valence-corrected chi connectivity index (χ2v) is 6.01. The molecule has 2 aromatic heterocycles. The van der Waals surface area contributed by atoms with Crippen LogP contribution in [-0.4, -0.2) is 26.5 Å². The van der Waals surface area contributed by atoms with Crippen LogP contribution in [0.25, 0.3) is 5.65 Å². The molecule has 2 heterocycles. The first-order valence-electron chi connectivity index (χ1n) is 7.05. The summed E-state index contributed by atoms with van der Waals surface area (Å²) in [5.74, 6) is -0.116. The van der Waals surface area contributed by atoms with Gasteiger partial charge in [-0.15, -0.1) is 0 Å². The summed E-state index contributed by atoms with van der Waals surface area (Å²) in [5.41, 5.74) is 1.08. The van der Waals surface area contributed by atoms with Crippen molar-refractivity contribution in [2.75, 3.05) is 0 Å². The highest BCUT2D eigenvalue weighted by atomic mass is 79.9. The number of nitrogens with zero attached hydrogens (tertiary/aromatic N) is 3. The van der Waals surface area contributed by atoms with Gasteiger partial charge in [0, 0.05) is 18.4 Å². The van der Waals surface area contributed by atoms with Gasteiger partial charge in [0.25, 0.3) is 5.91 Å². The minimum absolute atomic E-state index is 0.116. The zero-order valence-electron chi connectivity index (χ0n) is 11.2. The third-order valence-corrected chi connectivity index (χ3v) is 4.47. The zero-order chi connectivity index (χ0) is 13.9. The van der Waals surface area contributed by atoms with E-state index in [0.29, 0.717) is 15.8 Å². The Morgan fingerprint density at radius 3 is 2.75 bits per heavy atom. The van der Waals surface area contributed by atoms with Gasteiger partial charge in [0.15, 0.2) is 11.3 Å². The van der Waals surface area contributed by atoms with Crippen molar-refractivity contribution in [2.24, 2.45) is 0 Å². The number of hydrogen-bond donors (Lipinski definition) is 1. The van der Waals surface area contributed by atoms with Crippen LogP contribution >= 0.6 is 15.9 Å². The van der Waals surface area contributed by atoms with Crippen LogP contribution in [0.2, 0.25) is 0 Å². The van der Waals surface area contributed by atoms with Crippen LogP contribution in [0.5, 0.6) is 0 Å². The largest absolute Gasteiger partial charge is 0.348 e. The van der Waals surface area contributed by atoms with Crippen molar-refractivity contribution in [1.29, 1.82) is 0 Å². The summed E-state index contributed by atoms with van der Waals surface area (Å²) in [4.78, 5) is 16.6.